The van der Waals surface area contributed by atoms with E-state index in [2.05, 4.69) is 21.1 Å². The topological polar surface area (TPSA) is 101 Å². The van der Waals surface area contributed by atoms with Crippen molar-refractivity contribution in [3.8, 4) is 0 Å². The first-order chi connectivity index (χ1) is 5.70. The van der Waals surface area contributed by atoms with E-state index in [0.717, 1.165) is 11.4 Å². The van der Waals surface area contributed by atoms with Crippen LogP contribution in [0.5, 0.6) is 0 Å². The molecule has 0 aliphatic heterocycles. The number of hydrazine groups is 1. The fourth-order valence-corrected chi connectivity index (χ4v) is 0.522. The average molecular weight is 172 g/mol. The molecule has 6 nitrogen and oxygen atoms in total. The summed E-state index contributed by atoms with van der Waals surface area (Å²) in [5, 5.41) is 7.47. The van der Waals surface area contributed by atoms with Gasteiger partial charge in [0.25, 0.3) is 0 Å². The minimum atomic E-state index is 0.554. The van der Waals surface area contributed by atoms with Gasteiger partial charge in [0.2, 0.25) is 0 Å². The molecule has 0 aliphatic rings. The van der Waals surface area contributed by atoms with E-state index >= 15 is 0 Å². The Balaban J connectivity index is 3.59. The standard InChI is InChI=1S/C6H16N6/c1-5(11-8)4-10-12-6(2)3-9-7/h9-10H,3-4,7-8H2,1-2H3/b11-5+,12-6+. The molecule has 70 valence electrons. The molecule has 0 aromatic rings. The highest BCUT2D eigenvalue weighted by molar-refractivity contribution is 5.85. The molecule has 0 aliphatic carbocycles. The first kappa shape index (κ1) is 10.9. The predicted molar refractivity (Wildman–Crippen MR) is 50.6 cm³/mol. The lowest BCUT2D eigenvalue weighted by Crippen LogP contribution is -2.29. The first-order valence-corrected chi connectivity index (χ1v) is 3.63. The van der Waals surface area contributed by atoms with Crippen LogP contribution in [0.3, 0.4) is 0 Å². The predicted octanol–water partition coefficient (Wildman–Crippen LogP) is -1.25. The summed E-state index contributed by atoms with van der Waals surface area (Å²) in [6, 6.07) is 0. The third kappa shape index (κ3) is 5.63. The van der Waals surface area contributed by atoms with Gasteiger partial charge < -0.3 is 11.3 Å². The summed E-state index contributed by atoms with van der Waals surface area (Å²) in [6.07, 6.45) is 0. The van der Waals surface area contributed by atoms with Crippen LogP contribution in [0.2, 0.25) is 0 Å². The summed E-state index contributed by atoms with van der Waals surface area (Å²) < 4.78 is 0. The normalized spacial score (nSPS) is 13.2. The molecule has 0 amide bonds. The number of nitrogens with two attached hydrogens (primary N) is 2. The molecule has 0 spiro atoms. The van der Waals surface area contributed by atoms with Crippen LogP contribution in [0.15, 0.2) is 10.2 Å². The fraction of sp³-hybridized carbons (Fsp3) is 0.667. The number of hydrazone groups is 2. The van der Waals surface area contributed by atoms with E-state index in [-0.39, 0.29) is 0 Å². The second kappa shape index (κ2) is 6.56. The van der Waals surface area contributed by atoms with Crippen LogP contribution in [0, 0.1) is 0 Å². The average Bonchev–Trinajstić information content (AvgIpc) is 2.04. The molecule has 0 radical (unpaired) electrons. The molecule has 0 atom stereocenters. The van der Waals surface area contributed by atoms with Gasteiger partial charge in [0.05, 0.1) is 12.3 Å². The molecular formula is C6H16N6. The van der Waals surface area contributed by atoms with E-state index in [0.29, 0.717) is 13.1 Å². The second-order valence-electron chi connectivity index (χ2n) is 2.43. The highest BCUT2D eigenvalue weighted by Crippen LogP contribution is 1.73. The maximum absolute atomic E-state index is 5.08. The molecule has 0 heterocycles. The Hall–Kier alpha value is -1.14. The second-order valence-corrected chi connectivity index (χ2v) is 2.43. The molecule has 0 rings (SSSR count). The summed E-state index contributed by atoms with van der Waals surface area (Å²) in [7, 11) is 0. The van der Waals surface area contributed by atoms with E-state index in [1.807, 2.05) is 13.8 Å². The van der Waals surface area contributed by atoms with E-state index in [1.165, 1.54) is 0 Å². The quantitative estimate of drug-likeness (QED) is 0.236. The lowest BCUT2D eigenvalue weighted by Gasteiger charge is -2.01. The molecule has 0 fully saturated rings. The minimum Gasteiger partial charge on any atom is -0.323 e. The van der Waals surface area contributed by atoms with Crippen LogP contribution in [-0.2, 0) is 0 Å². The van der Waals surface area contributed by atoms with Crippen molar-refractivity contribution in [1.82, 2.24) is 10.9 Å². The molecule has 6 N–H and O–H groups in total. The van der Waals surface area contributed by atoms with Crippen molar-refractivity contribution in [1.29, 1.82) is 0 Å². The number of rotatable bonds is 5. The molecular weight excluding hydrogens is 156 g/mol. The van der Waals surface area contributed by atoms with Gasteiger partial charge in [-0.15, -0.1) is 0 Å². The first-order valence-electron chi connectivity index (χ1n) is 3.63. The number of hydrogen-bond donors (Lipinski definition) is 4. The molecule has 0 aromatic heterocycles. The van der Waals surface area contributed by atoms with Gasteiger partial charge >= 0.3 is 0 Å². The van der Waals surface area contributed by atoms with E-state index in [9.17, 15) is 0 Å². The Labute approximate surface area is 72.0 Å². The van der Waals surface area contributed by atoms with Crippen molar-refractivity contribution >= 4 is 11.4 Å². The summed E-state index contributed by atoms with van der Waals surface area (Å²) in [6.45, 7) is 4.80. The van der Waals surface area contributed by atoms with E-state index in [1.54, 1.807) is 0 Å². The highest BCUT2D eigenvalue weighted by Gasteiger charge is 1.89. The summed E-state index contributed by atoms with van der Waals surface area (Å²) in [5.74, 6) is 10.1. The third-order valence-corrected chi connectivity index (χ3v) is 1.18. The minimum absolute atomic E-state index is 0.554. The molecule has 0 aromatic carbocycles. The van der Waals surface area contributed by atoms with Gasteiger partial charge in [-0.1, -0.05) is 0 Å². The van der Waals surface area contributed by atoms with Crippen LogP contribution < -0.4 is 22.5 Å². The Kier molecular flexibility index (Phi) is 5.94. The third-order valence-electron chi connectivity index (χ3n) is 1.18. The molecule has 0 unspecified atom stereocenters. The lowest BCUT2D eigenvalue weighted by molar-refractivity contribution is 0.801. The smallest absolute Gasteiger partial charge is 0.0727 e. The SMILES string of the molecule is C/C(CN/N=C(\C)CNN)=N\N. The molecule has 6 heteroatoms. The van der Waals surface area contributed by atoms with Crippen molar-refractivity contribution in [2.75, 3.05) is 13.1 Å². The summed E-state index contributed by atoms with van der Waals surface area (Å²) >= 11 is 0. The van der Waals surface area contributed by atoms with Gasteiger partial charge in [0, 0.05) is 12.3 Å². The Morgan fingerprint density at radius 1 is 1.25 bits per heavy atom. The Morgan fingerprint density at radius 2 is 1.92 bits per heavy atom. The molecule has 0 saturated heterocycles. The molecule has 0 saturated carbocycles. The van der Waals surface area contributed by atoms with Gasteiger partial charge in [-0.25, -0.2) is 0 Å². The van der Waals surface area contributed by atoms with Gasteiger partial charge in [-0.2, -0.15) is 10.2 Å². The van der Waals surface area contributed by atoms with Gasteiger partial charge in [0.15, 0.2) is 0 Å². The molecule has 0 bridgehead atoms. The molecule has 12 heavy (non-hydrogen) atoms. The highest BCUT2D eigenvalue weighted by atomic mass is 15.3. The largest absolute Gasteiger partial charge is 0.323 e. The lowest BCUT2D eigenvalue weighted by atomic mass is 10.4. The maximum atomic E-state index is 5.08. The Morgan fingerprint density at radius 3 is 2.42 bits per heavy atom. The van der Waals surface area contributed by atoms with Crippen molar-refractivity contribution < 1.29 is 0 Å². The van der Waals surface area contributed by atoms with Gasteiger partial charge in [0.1, 0.15) is 0 Å². The van der Waals surface area contributed by atoms with Crippen LogP contribution in [-0.4, -0.2) is 24.5 Å². The van der Waals surface area contributed by atoms with Crippen molar-refractivity contribution in [2.45, 2.75) is 13.8 Å². The van der Waals surface area contributed by atoms with Crippen LogP contribution in [0.1, 0.15) is 13.8 Å². The fourth-order valence-electron chi connectivity index (χ4n) is 0.522. The monoisotopic (exact) mass is 172 g/mol. The summed E-state index contributed by atoms with van der Waals surface area (Å²) in [4.78, 5) is 0. The number of hydrogen-bond acceptors (Lipinski definition) is 6. The van der Waals surface area contributed by atoms with Crippen LogP contribution >= 0.6 is 0 Å². The van der Waals surface area contributed by atoms with E-state index < -0.39 is 0 Å². The van der Waals surface area contributed by atoms with Crippen LogP contribution in [0.25, 0.3) is 0 Å². The zero-order valence-corrected chi connectivity index (χ0v) is 7.46. The van der Waals surface area contributed by atoms with Crippen LogP contribution in [0.4, 0.5) is 0 Å². The summed E-state index contributed by atoms with van der Waals surface area (Å²) in [5.41, 5.74) is 6.97. The van der Waals surface area contributed by atoms with Gasteiger partial charge in [-0.05, 0) is 13.8 Å². The van der Waals surface area contributed by atoms with Gasteiger partial charge in [-0.3, -0.25) is 11.3 Å². The number of nitrogens with zero attached hydrogens (tertiary/aromatic N) is 2. The maximum Gasteiger partial charge on any atom is 0.0727 e. The Bertz CT molecular complexity index is 173. The van der Waals surface area contributed by atoms with Crippen molar-refractivity contribution in [3.63, 3.8) is 0 Å². The number of nitrogens with one attached hydrogen (secondary N) is 2. The zero-order chi connectivity index (χ0) is 9.40. The van der Waals surface area contributed by atoms with Crippen molar-refractivity contribution in [3.05, 3.63) is 0 Å². The van der Waals surface area contributed by atoms with E-state index in [4.69, 9.17) is 11.7 Å². The zero-order valence-electron chi connectivity index (χ0n) is 7.46. The van der Waals surface area contributed by atoms with Crippen molar-refractivity contribution in [2.24, 2.45) is 21.9 Å².